The first kappa shape index (κ1) is 22.5. The van der Waals surface area contributed by atoms with Gasteiger partial charge in [-0.3, -0.25) is 0 Å². The van der Waals surface area contributed by atoms with Gasteiger partial charge in [0.25, 0.3) is 0 Å². The zero-order valence-electron chi connectivity index (χ0n) is 15.3. The molecule has 0 saturated heterocycles. The molecule has 0 aromatic rings. The summed E-state index contributed by atoms with van der Waals surface area (Å²) in [6, 6.07) is 0. The Bertz CT molecular complexity index is 206. The summed E-state index contributed by atoms with van der Waals surface area (Å²) in [7, 11) is 1.16. The highest BCUT2D eigenvalue weighted by Crippen LogP contribution is 2.14. The minimum absolute atomic E-state index is 1.16. The predicted octanol–water partition coefficient (Wildman–Crippen LogP) is 8.44. The molecule has 0 aliphatic heterocycles. The van der Waals surface area contributed by atoms with E-state index in [1.807, 2.05) is 0 Å². The third kappa shape index (κ3) is 20.5. The van der Waals surface area contributed by atoms with E-state index in [9.17, 15) is 0 Å². The summed E-state index contributed by atoms with van der Waals surface area (Å²) < 4.78 is 0. The van der Waals surface area contributed by atoms with Crippen LogP contribution in [0.3, 0.4) is 0 Å². The zero-order chi connectivity index (χ0) is 16.1. The summed E-state index contributed by atoms with van der Waals surface area (Å²) in [6.45, 7) is 2.30. The molecule has 0 fully saturated rings. The minimum Gasteiger partial charge on any atom is -0.0654 e. The third-order valence-corrected chi connectivity index (χ3v) is 5.65. The lowest BCUT2D eigenvalue weighted by Crippen LogP contribution is -1.84. The van der Waals surface area contributed by atoms with E-state index in [1.165, 1.54) is 122 Å². The monoisotopic (exact) mass is 344 g/mol. The summed E-state index contributed by atoms with van der Waals surface area (Å²) >= 11 is 4.94. The van der Waals surface area contributed by atoms with E-state index in [1.54, 1.807) is 0 Å². The molecule has 0 heterocycles. The third-order valence-electron chi connectivity index (χ3n) is 4.60. The fourth-order valence-corrected chi connectivity index (χ4v) is 3.82. The molecule has 0 saturated carbocycles. The van der Waals surface area contributed by atoms with Crippen molar-refractivity contribution in [2.24, 2.45) is 0 Å². The second-order valence-electron chi connectivity index (χ2n) is 6.86. The standard InChI is InChI=1S/C20H41PS/c1-2-3-4-5-6-7-8-9-10-11-12-13-14-15-16-17-18-19-20-21-22/h2-20H2,1H3. The van der Waals surface area contributed by atoms with Crippen LogP contribution < -0.4 is 0 Å². The van der Waals surface area contributed by atoms with Crippen molar-refractivity contribution >= 4 is 19.2 Å². The van der Waals surface area contributed by atoms with E-state index in [0.717, 1.165) is 7.36 Å². The van der Waals surface area contributed by atoms with Crippen LogP contribution in [-0.2, 0) is 11.8 Å². The first-order valence-corrected chi connectivity index (χ1v) is 12.3. The van der Waals surface area contributed by atoms with Gasteiger partial charge in [-0.05, 0) is 19.9 Å². The van der Waals surface area contributed by atoms with Crippen LogP contribution in [0.15, 0.2) is 0 Å². The van der Waals surface area contributed by atoms with Crippen LogP contribution >= 0.6 is 7.36 Å². The first-order chi connectivity index (χ1) is 10.9. The van der Waals surface area contributed by atoms with Crippen LogP contribution in [-0.4, -0.2) is 6.16 Å². The second-order valence-corrected chi connectivity index (χ2v) is 8.34. The van der Waals surface area contributed by atoms with Gasteiger partial charge < -0.3 is 0 Å². The smallest absolute Gasteiger partial charge is 0.000157 e. The van der Waals surface area contributed by atoms with Gasteiger partial charge >= 0.3 is 0 Å². The normalized spacial score (nSPS) is 11.3. The Hall–Kier alpha value is 0.520. The van der Waals surface area contributed by atoms with Gasteiger partial charge in [0.15, 0.2) is 0 Å². The molecule has 0 aromatic heterocycles. The Morgan fingerprint density at radius 3 is 1.00 bits per heavy atom. The van der Waals surface area contributed by atoms with Crippen molar-refractivity contribution in [1.29, 1.82) is 0 Å². The Labute approximate surface area is 148 Å². The predicted molar refractivity (Wildman–Crippen MR) is 108 cm³/mol. The van der Waals surface area contributed by atoms with Gasteiger partial charge in [-0.1, -0.05) is 128 Å². The molecular formula is C20H41PS. The zero-order valence-corrected chi connectivity index (χ0v) is 17.0. The second kappa shape index (κ2) is 21.5. The topological polar surface area (TPSA) is 0 Å². The molecule has 0 nitrogen and oxygen atoms in total. The number of hydrogen-bond acceptors (Lipinski definition) is 1. The summed E-state index contributed by atoms with van der Waals surface area (Å²) in [5, 5.41) is 0. The summed E-state index contributed by atoms with van der Waals surface area (Å²) in [4.78, 5) is 0. The van der Waals surface area contributed by atoms with Gasteiger partial charge in [-0.2, -0.15) is 0 Å². The highest BCUT2D eigenvalue weighted by molar-refractivity contribution is 7.96. The van der Waals surface area contributed by atoms with Gasteiger partial charge in [-0.25, -0.2) is 0 Å². The van der Waals surface area contributed by atoms with Crippen LogP contribution in [0.4, 0.5) is 0 Å². The van der Waals surface area contributed by atoms with E-state index in [2.05, 4.69) is 6.92 Å². The molecule has 0 spiro atoms. The number of unbranched alkanes of at least 4 members (excludes halogenated alkanes) is 17. The summed E-state index contributed by atoms with van der Waals surface area (Å²) in [5.41, 5.74) is 0. The molecule has 0 aliphatic rings. The largest absolute Gasteiger partial charge is 0.0654 e. The number of rotatable bonds is 19. The summed E-state index contributed by atoms with van der Waals surface area (Å²) in [6.07, 6.45) is 27.4. The van der Waals surface area contributed by atoms with Crippen LogP contribution in [0.25, 0.3) is 0 Å². The van der Waals surface area contributed by atoms with Crippen molar-refractivity contribution in [1.82, 2.24) is 0 Å². The summed E-state index contributed by atoms with van der Waals surface area (Å²) in [5.74, 6) is 0. The van der Waals surface area contributed by atoms with Crippen LogP contribution in [0.2, 0.25) is 0 Å². The van der Waals surface area contributed by atoms with Gasteiger partial charge in [0.2, 0.25) is 0 Å². The molecule has 0 aliphatic carbocycles. The molecular weight excluding hydrogens is 303 g/mol. The Kier molecular flexibility index (Phi) is 22.0. The van der Waals surface area contributed by atoms with Crippen molar-refractivity contribution in [2.45, 2.75) is 122 Å². The average Bonchev–Trinajstić information content (AvgIpc) is 2.54. The minimum atomic E-state index is 1.16. The van der Waals surface area contributed by atoms with Gasteiger partial charge in [0, 0.05) is 0 Å². The molecule has 0 atom stereocenters. The van der Waals surface area contributed by atoms with Crippen LogP contribution in [0.1, 0.15) is 122 Å². The quantitative estimate of drug-likeness (QED) is 0.167. The van der Waals surface area contributed by atoms with E-state index in [-0.39, 0.29) is 0 Å². The molecule has 0 N–H and O–H groups in total. The van der Waals surface area contributed by atoms with E-state index >= 15 is 0 Å². The van der Waals surface area contributed by atoms with Gasteiger partial charge in [-0.15, -0.1) is 0 Å². The van der Waals surface area contributed by atoms with E-state index in [0.29, 0.717) is 0 Å². The Morgan fingerprint density at radius 2 is 0.727 bits per heavy atom. The average molecular weight is 345 g/mol. The maximum Gasteiger partial charge on any atom is -0.000157 e. The van der Waals surface area contributed by atoms with Crippen molar-refractivity contribution in [3.63, 3.8) is 0 Å². The van der Waals surface area contributed by atoms with Crippen molar-refractivity contribution in [2.75, 3.05) is 6.16 Å². The van der Waals surface area contributed by atoms with Crippen molar-refractivity contribution < 1.29 is 0 Å². The van der Waals surface area contributed by atoms with Gasteiger partial charge in [0.05, 0.1) is 0 Å². The fourth-order valence-electron chi connectivity index (χ4n) is 3.08. The van der Waals surface area contributed by atoms with Crippen LogP contribution in [0.5, 0.6) is 0 Å². The maximum atomic E-state index is 4.94. The van der Waals surface area contributed by atoms with E-state index < -0.39 is 0 Å². The lowest BCUT2D eigenvalue weighted by atomic mass is 10.0. The molecule has 0 radical (unpaired) electrons. The SMILES string of the molecule is CCCCCCCCCCCCCCCCCCCCP=S. The molecule has 0 aromatic carbocycles. The Balaban J connectivity index is 2.92. The molecule has 2 heteroatoms. The molecule has 0 bridgehead atoms. The highest BCUT2D eigenvalue weighted by atomic mass is 32.4. The van der Waals surface area contributed by atoms with Crippen LogP contribution in [0, 0.1) is 0 Å². The lowest BCUT2D eigenvalue weighted by Gasteiger charge is -2.03. The van der Waals surface area contributed by atoms with Gasteiger partial charge in [0.1, 0.15) is 0 Å². The molecule has 132 valence electrons. The Morgan fingerprint density at radius 1 is 0.455 bits per heavy atom. The molecule has 0 rings (SSSR count). The lowest BCUT2D eigenvalue weighted by molar-refractivity contribution is 0.526. The first-order valence-electron chi connectivity index (χ1n) is 10.2. The molecule has 22 heavy (non-hydrogen) atoms. The highest BCUT2D eigenvalue weighted by Gasteiger charge is 1.94. The molecule has 0 amide bonds. The maximum absolute atomic E-state index is 4.94. The molecule has 0 unspecified atom stereocenters. The fraction of sp³-hybridized carbons (Fsp3) is 1.00. The van der Waals surface area contributed by atoms with Crippen molar-refractivity contribution in [3.8, 4) is 0 Å². The number of hydrogen-bond donors (Lipinski definition) is 0. The van der Waals surface area contributed by atoms with Crippen molar-refractivity contribution in [3.05, 3.63) is 0 Å². The van der Waals surface area contributed by atoms with E-state index in [4.69, 9.17) is 11.8 Å².